The molecule has 0 atom stereocenters. The fraction of sp³-hybridized carbons (Fsp3) is 0.481. The van der Waals surface area contributed by atoms with Gasteiger partial charge in [-0.1, -0.05) is 0 Å². The number of nitrogens with one attached hydrogen (secondary N) is 2. The van der Waals surface area contributed by atoms with E-state index in [2.05, 4.69) is 36.4 Å². The van der Waals surface area contributed by atoms with Crippen LogP contribution in [0.15, 0.2) is 35.3 Å². The van der Waals surface area contributed by atoms with E-state index >= 15 is 0 Å². The number of piperazine rings is 1. The number of carboxylic acids is 1. The van der Waals surface area contributed by atoms with Crippen LogP contribution in [0.2, 0.25) is 0 Å². The molecule has 3 N–H and O–H groups in total. The van der Waals surface area contributed by atoms with Crippen LogP contribution in [0.3, 0.4) is 0 Å². The normalized spacial score (nSPS) is 17.3. The Balaban J connectivity index is 1.33. The van der Waals surface area contributed by atoms with E-state index in [1.165, 1.54) is 6.20 Å². The lowest BCUT2D eigenvalue weighted by Gasteiger charge is -2.42. The summed E-state index contributed by atoms with van der Waals surface area (Å²) < 4.78 is 0. The summed E-state index contributed by atoms with van der Waals surface area (Å²) in [5.74, 6) is 0.519. The van der Waals surface area contributed by atoms with Crippen LogP contribution in [-0.4, -0.2) is 80.9 Å². The first-order valence-electron chi connectivity index (χ1n) is 13.2. The Labute approximate surface area is 226 Å². The SMILES string of the molecule is CC(C)(C(=O)O)N1CCN(c2ccc(Nc3nc(N4CCC(CC#N)CC4)nc4cn[nH]c(=O)c34)cc2)CC1. The summed E-state index contributed by atoms with van der Waals surface area (Å²) in [6.07, 6.45) is 3.89. The highest BCUT2D eigenvalue weighted by molar-refractivity contribution is 5.90. The number of carboxylic acid groups (broad SMARTS) is 1. The van der Waals surface area contributed by atoms with Crippen molar-refractivity contribution >= 4 is 40.0 Å². The van der Waals surface area contributed by atoms with Gasteiger partial charge in [-0.15, -0.1) is 0 Å². The van der Waals surface area contributed by atoms with Gasteiger partial charge in [-0.25, -0.2) is 10.1 Å². The lowest BCUT2D eigenvalue weighted by molar-refractivity contribution is -0.149. The highest BCUT2D eigenvalue weighted by Crippen LogP contribution is 2.29. The molecule has 2 saturated heterocycles. The van der Waals surface area contributed by atoms with Crippen molar-refractivity contribution in [3.8, 4) is 6.07 Å². The van der Waals surface area contributed by atoms with Gasteiger partial charge in [0.1, 0.15) is 22.3 Å². The third-order valence-electron chi connectivity index (χ3n) is 7.87. The summed E-state index contributed by atoms with van der Waals surface area (Å²) >= 11 is 0. The highest BCUT2D eigenvalue weighted by atomic mass is 16.4. The molecule has 2 aromatic heterocycles. The average Bonchev–Trinajstić information content (AvgIpc) is 2.94. The first-order valence-corrected chi connectivity index (χ1v) is 13.2. The molecule has 0 amide bonds. The molecular formula is C27H33N9O3. The summed E-state index contributed by atoms with van der Waals surface area (Å²) in [7, 11) is 0. The summed E-state index contributed by atoms with van der Waals surface area (Å²) in [6, 6.07) is 10.2. The summed E-state index contributed by atoms with van der Waals surface area (Å²) in [4.78, 5) is 40.0. The Morgan fingerprint density at radius 1 is 1.10 bits per heavy atom. The van der Waals surface area contributed by atoms with Crippen molar-refractivity contribution in [3.05, 3.63) is 40.8 Å². The van der Waals surface area contributed by atoms with Crippen molar-refractivity contribution in [2.45, 2.75) is 38.6 Å². The van der Waals surface area contributed by atoms with E-state index < -0.39 is 11.5 Å². The second-order valence-corrected chi connectivity index (χ2v) is 10.6. The number of aliphatic carboxylic acids is 1. The Kier molecular flexibility index (Phi) is 7.34. The zero-order valence-electron chi connectivity index (χ0n) is 22.2. The quantitative estimate of drug-likeness (QED) is 0.412. The van der Waals surface area contributed by atoms with Crippen LogP contribution in [0.5, 0.6) is 0 Å². The van der Waals surface area contributed by atoms with Crippen molar-refractivity contribution in [2.75, 3.05) is 54.4 Å². The minimum absolute atomic E-state index is 0.342. The molecule has 0 saturated carbocycles. The number of piperidine rings is 1. The van der Waals surface area contributed by atoms with E-state index in [0.29, 0.717) is 48.1 Å². The van der Waals surface area contributed by atoms with Crippen LogP contribution in [0.1, 0.15) is 33.1 Å². The van der Waals surface area contributed by atoms with E-state index in [9.17, 15) is 14.7 Å². The predicted octanol–water partition coefficient (Wildman–Crippen LogP) is 2.57. The molecule has 0 radical (unpaired) electrons. The van der Waals surface area contributed by atoms with Gasteiger partial charge in [-0.2, -0.15) is 15.3 Å². The second-order valence-electron chi connectivity index (χ2n) is 10.6. The number of H-pyrrole nitrogens is 1. The Bertz CT molecular complexity index is 1430. The summed E-state index contributed by atoms with van der Waals surface area (Å²) in [5.41, 5.74) is 1.03. The molecule has 12 heteroatoms. The van der Waals surface area contributed by atoms with E-state index in [0.717, 1.165) is 50.4 Å². The maximum atomic E-state index is 12.7. The number of nitriles is 1. The second kappa shape index (κ2) is 10.9. The average molecular weight is 532 g/mol. The van der Waals surface area contributed by atoms with Gasteiger partial charge < -0.3 is 20.2 Å². The standard InChI is InChI=1S/C27H33N9O3/c1-27(2,25(38)39)36-15-13-34(14-16-36)20-5-3-19(4-6-20)30-23-22-21(17-29-33-24(22)37)31-26(32-23)35-11-8-18(7-10-28)9-12-35/h3-6,17-18H,7-9,11-16H2,1-2H3,(H,33,37)(H,38,39)(H,30,31,32). The molecule has 39 heavy (non-hydrogen) atoms. The van der Waals surface area contributed by atoms with Gasteiger partial charge in [-0.05, 0) is 56.9 Å². The van der Waals surface area contributed by atoms with Crippen molar-refractivity contribution in [3.63, 3.8) is 0 Å². The van der Waals surface area contributed by atoms with Crippen LogP contribution in [0.4, 0.5) is 23.1 Å². The highest BCUT2D eigenvalue weighted by Gasteiger charge is 2.36. The monoisotopic (exact) mass is 531 g/mol. The maximum absolute atomic E-state index is 12.7. The Morgan fingerprint density at radius 3 is 2.44 bits per heavy atom. The zero-order chi connectivity index (χ0) is 27.6. The summed E-state index contributed by atoms with van der Waals surface area (Å²) in [5, 5.41) is 28.6. The molecule has 5 rings (SSSR count). The van der Waals surface area contributed by atoms with Crippen LogP contribution in [0.25, 0.3) is 10.9 Å². The molecular weight excluding hydrogens is 498 g/mol. The fourth-order valence-electron chi connectivity index (χ4n) is 5.24. The predicted molar refractivity (Wildman–Crippen MR) is 148 cm³/mol. The number of hydrogen-bond donors (Lipinski definition) is 3. The maximum Gasteiger partial charge on any atom is 0.323 e. The van der Waals surface area contributed by atoms with Crippen LogP contribution < -0.4 is 20.7 Å². The number of rotatable bonds is 7. The molecule has 2 fully saturated rings. The number of fused-ring (bicyclic) bond motifs is 1. The molecule has 2 aliphatic rings. The number of aromatic amines is 1. The Morgan fingerprint density at radius 2 is 1.79 bits per heavy atom. The molecule has 1 aromatic carbocycles. The molecule has 12 nitrogen and oxygen atoms in total. The van der Waals surface area contributed by atoms with Gasteiger partial charge >= 0.3 is 5.97 Å². The topological polar surface area (TPSA) is 154 Å². The van der Waals surface area contributed by atoms with Crippen LogP contribution in [-0.2, 0) is 4.79 Å². The molecule has 0 spiro atoms. The number of hydrogen-bond acceptors (Lipinski definition) is 10. The van der Waals surface area contributed by atoms with Crippen molar-refractivity contribution in [1.82, 2.24) is 25.1 Å². The molecule has 0 bridgehead atoms. The van der Waals surface area contributed by atoms with Crippen molar-refractivity contribution in [2.24, 2.45) is 5.92 Å². The van der Waals surface area contributed by atoms with Crippen LogP contribution in [0, 0.1) is 17.2 Å². The smallest absolute Gasteiger partial charge is 0.323 e. The number of carbonyl (C=O) groups is 1. The van der Waals surface area contributed by atoms with Crippen molar-refractivity contribution < 1.29 is 9.90 Å². The van der Waals surface area contributed by atoms with Crippen LogP contribution >= 0.6 is 0 Å². The van der Waals surface area contributed by atoms with E-state index in [1.54, 1.807) is 13.8 Å². The summed E-state index contributed by atoms with van der Waals surface area (Å²) in [6.45, 7) is 7.78. The molecule has 204 valence electrons. The zero-order valence-corrected chi connectivity index (χ0v) is 22.2. The molecule has 0 unspecified atom stereocenters. The first kappa shape index (κ1) is 26.4. The number of benzene rings is 1. The molecule has 2 aliphatic heterocycles. The minimum atomic E-state index is -0.890. The van der Waals surface area contributed by atoms with Gasteiger partial charge in [0.05, 0.1) is 12.3 Å². The fourth-order valence-corrected chi connectivity index (χ4v) is 5.24. The lowest BCUT2D eigenvalue weighted by atomic mass is 9.94. The Hall–Kier alpha value is -4.24. The van der Waals surface area contributed by atoms with E-state index in [1.807, 2.05) is 29.2 Å². The van der Waals surface area contributed by atoms with Gasteiger partial charge in [0.15, 0.2) is 0 Å². The van der Waals surface area contributed by atoms with Gasteiger partial charge in [0.25, 0.3) is 5.56 Å². The molecule has 4 heterocycles. The molecule has 0 aliphatic carbocycles. The van der Waals surface area contributed by atoms with Gasteiger partial charge in [0, 0.05) is 57.1 Å². The molecule has 3 aromatic rings. The minimum Gasteiger partial charge on any atom is -0.480 e. The van der Waals surface area contributed by atoms with Crippen molar-refractivity contribution in [1.29, 1.82) is 5.26 Å². The third-order valence-corrected chi connectivity index (χ3v) is 7.87. The van der Waals surface area contributed by atoms with E-state index in [4.69, 9.17) is 10.2 Å². The third kappa shape index (κ3) is 5.49. The van der Waals surface area contributed by atoms with Gasteiger partial charge in [-0.3, -0.25) is 14.5 Å². The number of anilines is 4. The largest absolute Gasteiger partial charge is 0.480 e. The van der Waals surface area contributed by atoms with Gasteiger partial charge in [0.2, 0.25) is 5.95 Å². The van der Waals surface area contributed by atoms with E-state index in [-0.39, 0.29) is 5.56 Å². The first-order chi connectivity index (χ1) is 18.8. The lowest BCUT2D eigenvalue weighted by Crippen LogP contribution is -2.58. The number of aromatic nitrogens is 4. The number of nitrogens with zero attached hydrogens (tertiary/aromatic N) is 7.